The highest BCUT2D eigenvalue weighted by molar-refractivity contribution is 6.00. The molecule has 0 fully saturated rings. The van der Waals surface area contributed by atoms with Gasteiger partial charge >= 0.3 is 0 Å². The van der Waals surface area contributed by atoms with Crippen LogP contribution >= 0.6 is 0 Å². The first-order valence-corrected chi connectivity index (χ1v) is 12.0. The number of phenolic OH excluding ortho intramolecular Hbond substituents is 1. The van der Waals surface area contributed by atoms with E-state index in [4.69, 9.17) is 9.47 Å². The molecule has 1 unspecified atom stereocenters. The van der Waals surface area contributed by atoms with Crippen LogP contribution in [0.4, 0.5) is 0 Å². The minimum absolute atomic E-state index is 0.0703. The zero-order valence-electron chi connectivity index (χ0n) is 20.6. The minimum Gasteiger partial charge on any atom is -0.504 e. The summed E-state index contributed by atoms with van der Waals surface area (Å²) >= 11 is 0. The van der Waals surface area contributed by atoms with Crippen molar-refractivity contribution in [2.24, 2.45) is 0 Å². The van der Waals surface area contributed by atoms with Crippen LogP contribution in [0.1, 0.15) is 45.7 Å². The molecule has 0 saturated heterocycles. The van der Waals surface area contributed by atoms with E-state index < -0.39 is 0 Å². The largest absolute Gasteiger partial charge is 0.504 e. The lowest BCUT2D eigenvalue weighted by Gasteiger charge is -2.27. The molecular formula is C29H29N3O4. The number of nitrogens with one attached hydrogen (secondary N) is 1. The Morgan fingerprint density at radius 2 is 1.81 bits per heavy atom. The van der Waals surface area contributed by atoms with Crippen LogP contribution < -0.4 is 9.47 Å². The van der Waals surface area contributed by atoms with E-state index in [2.05, 4.69) is 10.2 Å². The monoisotopic (exact) mass is 483 g/mol. The summed E-state index contributed by atoms with van der Waals surface area (Å²) in [4.78, 5) is 15.5. The maximum atomic E-state index is 13.6. The Hall–Kier alpha value is -4.26. The molecule has 4 aromatic rings. The molecule has 0 spiro atoms. The fourth-order valence-electron chi connectivity index (χ4n) is 4.72. The van der Waals surface area contributed by atoms with Crippen molar-refractivity contribution in [1.82, 2.24) is 15.1 Å². The van der Waals surface area contributed by atoms with Gasteiger partial charge in [0.15, 0.2) is 11.5 Å². The topological polar surface area (TPSA) is 87.7 Å². The van der Waals surface area contributed by atoms with E-state index in [0.29, 0.717) is 31.0 Å². The summed E-state index contributed by atoms with van der Waals surface area (Å²) in [6.45, 7) is 4.84. The van der Waals surface area contributed by atoms with E-state index in [9.17, 15) is 9.90 Å². The van der Waals surface area contributed by atoms with Gasteiger partial charge in [0, 0.05) is 17.7 Å². The Morgan fingerprint density at radius 3 is 2.50 bits per heavy atom. The molecule has 1 amide bonds. The van der Waals surface area contributed by atoms with Gasteiger partial charge < -0.3 is 19.5 Å². The van der Waals surface area contributed by atoms with E-state index >= 15 is 0 Å². The average Bonchev–Trinajstić information content (AvgIpc) is 3.44. The lowest BCUT2D eigenvalue weighted by Crippen LogP contribution is -2.31. The molecule has 7 heteroatoms. The Kier molecular flexibility index (Phi) is 6.38. The number of fused-ring (bicyclic) bond motifs is 1. The average molecular weight is 484 g/mol. The molecule has 2 heterocycles. The Bertz CT molecular complexity index is 1380. The van der Waals surface area contributed by atoms with Crippen LogP contribution in [0.3, 0.4) is 0 Å². The fourth-order valence-corrected chi connectivity index (χ4v) is 4.72. The van der Waals surface area contributed by atoms with Crippen LogP contribution in [0.15, 0.2) is 66.7 Å². The predicted octanol–water partition coefficient (Wildman–Crippen LogP) is 5.29. The summed E-state index contributed by atoms with van der Waals surface area (Å²) in [5, 5.41) is 17.9. The van der Waals surface area contributed by atoms with Crippen molar-refractivity contribution in [1.29, 1.82) is 0 Å². The number of hydrogen-bond donors (Lipinski definition) is 2. The van der Waals surface area contributed by atoms with Gasteiger partial charge in [-0.25, -0.2) is 0 Å². The molecule has 1 atom stereocenters. The van der Waals surface area contributed by atoms with E-state index in [1.807, 2.05) is 79.4 Å². The highest BCUT2D eigenvalue weighted by Gasteiger charge is 2.42. The fraction of sp³-hybridized carbons (Fsp3) is 0.241. The van der Waals surface area contributed by atoms with Gasteiger partial charge in [0.1, 0.15) is 11.4 Å². The third-order valence-corrected chi connectivity index (χ3v) is 6.59. The summed E-state index contributed by atoms with van der Waals surface area (Å²) in [5.74, 6) is 1.16. The van der Waals surface area contributed by atoms with Crippen molar-refractivity contribution in [3.63, 3.8) is 0 Å². The summed E-state index contributed by atoms with van der Waals surface area (Å²) in [6.07, 6.45) is 0.681. The number of carbonyl (C=O) groups is 1. The van der Waals surface area contributed by atoms with Crippen LogP contribution in [-0.2, 0) is 6.42 Å². The Labute approximate surface area is 210 Å². The van der Waals surface area contributed by atoms with Crippen molar-refractivity contribution >= 4 is 5.91 Å². The number of nitrogens with zero attached hydrogens (tertiary/aromatic N) is 2. The van der Waals surface area contributed by atoms with Crippen molar-refractivity contribution in [3.05, 3.63) is 94.7 Å². The van der Waals surface area contributed by atoms with Crippen molar-refractivity contribution in [3.8, 4) is 28.5 Å². The third kappa shape index (κ3) is 4.28. The van der Waals surface area contributed by atoms with Gasteiger partial charge in [0.25, 0.3) is 5.91 Å². The SMILES string of the molecule is CCOc1cc(C2c3c(-c4ccc(C)cc4)n[nH]c3C(=O)N2CCc2ccc(OC)cc2)ccc1O. The molecule has 1 aliphatic heterocycles. The van der Waals surface area contributed by atoms with Gasteiger partial charge in [0.2, 0.25) is 0 Å². The van der Waals surface area contributed by atoms with Gasteiger partial charge in [-0.2, -0.15) is 5.10 Å². The number of aryl methyl sites for hydroxylation is 1. The summed E-state index contributed by atoms with van der Waals surface area (Å²) in [5.41, 5.74) is 6.14. The van der Waals surface area contributed by atoms with Gasteiger partial charge in [-0.15, -0.1) is 0 Å². The molecular weight excluding hydrogens is 454 g/mol. The number of phenols is 1. The molecule has 3 aromatic carbocycles. The van der Waals surface area contributed by atoms with E-state index in [-0.39, 0.29) is 17.7 Å². The lowest BCUT2D eigenvalue weighted by atomic mass is 9.95. The van der Waals surface area contributed by atoms with Crippen molar-refractivity contribution in [2.45, 2.75) is 26.3 Å². The first kappa shape index (κ1) is 23.5. The van der Waals surface area contributed by atoms with Gasteiger partial charge in [-0.3, -0.25) is 9.89 Å². The van der Waals surface area contributed by atoms with Crippen LogP contribution in [-0.4, -0.2) is 46.4 Å². The number of carbonyl (C=O) groups excluding carboxylic acids is 1. The summed E-state index contributed by atoms with van der Waals surface area (Å²) < 4.78 is 10.9. The second kappa shape index (κ2) is 9.77. The maximum absolute atomic E-state index is 13.6. The number of aromatic amines is 1. The number of aromatic nitrogens is 2. The number of H-pyrrole nitrogens is 1. The van der Waals surface area contributed by atoms with Crippen molar-refractivity contribution < 1.29 is 19.4 Å². The van der Waals surface area contributed by atoms with E-state index in [1.54, 1.807) is 13.2 Å². The number of aromatic hydroxyl groups is 1. The highest BCUT2D eigenvalue weighted by Crippen LogP contribution is 2.44. The number of hydrogen-bond acceptors (Lipinski definition) is 5. The third-order valence-electron chi connectivity index (χ3n) is 6.59. The molecule has 2 N–H and O–H groups in total. The molecule has 0 aliphatic carbocycles. The predicted molar refractivity (Wildman–Crippen MR) is 138 cm³/mol. The smallest absolute Gasteiger partial charge is 0.273 e. The second-order valence-corrected chi connectivity index (χ2v) is 8.89. The Morgan fingerprint density at radius 1 is 1.06 bits per heavy atom. The molecule has 5 rings (SSSR count). The maximum Gasteiger partial charge on any atom is 0.273 e. The molecule has 0 radical (unpaired) electrons. The summed E-state index contributed by atoms with van der Waals surface area (Å²) in [6, 6.07) is 20.9. The van der Waals surface area contributed by atoms with Crippen molar-refractivity contribution in [2.75, 3.05) is 20.3 Å². The second-order valence-electron chi connectivity index (χ2n) is 8.89. The number of ether oxygens (including phenoxy) is 2. The highest BCUT2D eigenvalue weighted by atomic mass is 16.5. The number of rotatable bonds is 8. The van der Waals surface area contributed by atoms with Crippen LogP contribution in [0.25, 0.3) is 11.3 Å². The zero-order valence-corrected chi connectivity index (χ0v) is 20.6. The standard InChI is InChI=1S/C29H29N3O4/c1-4-36-24-17-21(11-14-23(24)33)28-25-26(20-9-5-18(2)6-10-20)30-31-27(25)29(34)32(28)16-15-19-7-12-22(35-3)13-8-19/h5-14,17,28,33H,4,15-16H2,1-3H3,(H,30,31). The first-order chi connectivity index (χ1) is 17.5. The van der Waals surface area contributed by atoms with Gasteiger partial charge in [0.05, 0.1) is 25.5 Å². The normalized spacial score (nSPS) is 14.7. The molecule has 36 heavy (non-hydrogen) atoms. The quantitative estimate of drug-likeness (QED) is 0.356. The number of amides is 1. The van der Waals surface area contributed by atoms with Crippen LogP contribution in [0.5, 0.6) is 17.2 Å². The minimum atomic E-state index is -0.374. The first-order valence-electron chi connectivity index (χ1n) is 12.0. The van der Waals surface area contributed by atoms with Crippen LogP contribution in [0.2, 0.25) is 0 Å². The van der Waals surface area contributed by atoms with Gasteiger partial charge in [-0.1, -0.05) is 48.0 Å². The molecule has 0 saturated carbocycles. The number of benzene rings is 3. The van der Waals surface area contributed by atoms with E-state index in [0.717, 1.165) is 39.3 Å². The molecule has 1 aliphatic rings. The number of methoxy groups -OCH3 is 1. The Balaban J connectivity index is 1.56. The molecule has 1 aromatic heterocycles. The molecule has 0 bridgehead atoms. The lowest BCUT2D eigenvalue weighted by molar-refractivity contribution is 0.0745. The van der Waals surface area contributed by atoms with E-state index in [1.165, 1.54) is 0 Å². The summed E-state index contributed by atoms with van der Waals surface area (Å²) in [7, 11) is 1.64. The van der Waals surface area contributed by atoms with Crippen LogP contribution in [0, 0.1) is 6.92 Å². The zero-order chi connectivity index (χ0) is 25.2. The van der Waals surface area contributed by atoms with Gasteiger partial charge in [-0.05, 0) is 55.7 Å². The molecule has 7 nitrogen and oxygen atoms in total. The molecule has 184 valence electrons.